The van der Waals surface area contributed by atoms with Gasteiger partial charge in [-0.05, 0) is 43.0 Å². The van der Waals surface area contributed by atoms with Gasteiger partial charge in [-0.1, -0.05) is 31.7 Å². The summed E-state index contributed by atoms with van der Waals surface area (Å²) in [6.07, 6.45) is 1.10. The summed E-state index contributed by atoms with van der Waals surface area (Å²) in [6, 6.07) is 6.29. The van der Waals surface area contributed by atoms with Gasteiger partial charge in [-0.3, -0.25) is 0 Å². The average molecular weight is 263 g/mol. The lowest BCUT2D eigenvalue weighted by molar-refractivity contribution is 0.368. The second-order valence-electron chi connectivity index (χ2n) is 5.53. The molecule has 0 saturated heterocycles. The number of nitrogens with one attached hydrogen (secondary N) is 1. The molecule has 0 spiro atoms. The van der Waals surface area contributed by atoms with Crippen LogP contribution in [0, 0.1) is 12.3 Å². The molecular formula is C14H21N3S. The van der Waals surface area contributed by atoms with Crippen LogP contribution in [0.2, 0.25) is 0 Å². The zero-order chi connectivity index (χ0) is 13.2. The molecule has 0 saturated carbocycles. The number of benzene rings is 1. The molecule has 1 aromatic heterocycles. The number of aryl methyl sites for hydroxylation is 1. The highest BCUT2D eigenvalue weighted by Crippen LogP contribution is 2.25. The van der Waals surface area contributed by atoms with Crippen molar-refractivity contribution >= 4 is 22.8 Å². The summed E-state index contributed by atoms with van der Waals surface area (Å²) in [7, 11) is 0. The number of H-pyrrole nitrogens is 1. The lowest BCUT2D eigenvalue weighted by Crippen LogP contribution is -2.24. The van der Waals surface area contributed by atoms with E-state index in [4.69, 9.17) is 5.73 Å². The molecule has 0 unspecified atom stereocenters. The van der Waals surface area contributed by atoms with Crippen molar-refractivity contribution in [2.24, 2.45) is 11.1 Å². The first-order valence-corrected chi connectivity index (χ1v) is 7.28. The number of aromatic nitrogens is 2. The number of rotatable bonds is 5. The van der Waals surface area contributed by atoms with Crippen molar-refractivity contribution in [3.63, 3.8) is 0 Å². The quantitative estimate of drug-likeness (QED) is 0.813. The van der Waals surface area contributed by atoms with Gasteiger partial charge in [-0.25, -0.2) is 4.98 Å². The zero-order valence-electron chi connectivity index (χ0n) is 11.3. The number of imidazole rings is 1. The fourth-order valence-corrected chi connectivity index (χ4v) is 2.89. The Hall–Kier alpha value is -1.00. The molecule has 0 aliphatic rings. The normalized spacial score (nSPS) is 12.2. The molecule has 0 atom stereocenters. The Labute approximate surface area is 113 Å². The van der Waals surface area contributed by atoms with Gasteiger partial charge in [0.2, 0.25) is 0 Å². The van der Waals surface area contributed by atoms with E-state index in [1.807, 2.05) is 0 Å². The van der Waals surface area contributed by atoms with Gasteiger partial charge in [-0.2, -0.15) is 0 Å². The van der Waals surface area contributed by atoms with Crippen molar-refractivity contribution in [2.45, 2.75) is 32.3 Å². The van der Waals surface area contributed by atoms with Crippen LogP contribution < -0.4 is 5.73 Å². The van der Waals surface area contributed by atoms with Crippen LogP contribution in [0.3, 0.4) is 0 Å². The summed E-state index contributed by atoms with van der Waals surface area (Å²) in [5.74, 6) is 1.04. The Morgan fingerprint density at radius 3 is 2.89 bits per heavy atom. The van der Waals surface area contributed by atoms with Crippen LogP contribution in [0.4, 0.5) is 0 Å². The first-order chi connectivity index (χ1) is 8.50. The Kier molecular flexibility index (Phi) is 3.97. The fourth-order valence-electron chi connectivity index (χ4n) is 1.69. The molecule has 4 heteroatoms. The van der Waals surface area contributed by atoms with Crippen molar-refractivity contribution in [3.8, 4) is 0 Å². The maximum absolute atomic E-state index is 5.73. The summed E-state index contributed by atoms with van der Waals surface area (Å²) < 4.78 is 0. The molecule has 18 heavy (non-hydrogen) atoms. The minimum atomic E-state index is 0.218. The number of nitrogens with zero attached hydrogens (tertiary/aromatic N) is 1. The monoisotopic (exact) mass is 263 g/mol. The van der Waals surface area contributed by atoms with E-state index in [1.165, 1.54) is 5.56 Å². The molecule has 2 aromatic rings. The first kappa shape index (κ1) is 13.4. The van der Waals surface area contributed by atoms with E-state index in [-0.39, 0.29) is 5.41 Å². The Morgan fingerprint density at radius 1 is 1.39 bits per heavy atom. The molecule has 2 rings (SSSR count). The van der Waals surface area contributed by atoms with Gasteiger partial charge < -0.3 is 10.7 Å². The van der Waals surface area contributed by atoms with E-state index in [0.717, 1.165) is 34.9 Å². The number of fused-ring (bicyclic) bond motifs is 1. The van der Waals surface area contributed by atoms with E-state index in [2.05, 4.69) is 48.9 Å². The predicted molar refractivity (Wildman–Crippen MR) is 79.0 cm³/mol. The van der Waals surface area contributed by atoms with E-state index < -0.39 is 0 Å². The van der Waals surface area contributed by atoms with Gasteiger partial charge in [-0.15, -0.1) is 0 Å². The molecule has 0 fully saturated rings. The zero-order valence-corrected chi connectivity index (χ0v) is 12.1. The summed E-state index contributed by atoms with van der Waals surface area (Å²) >= 11 is 1.77. The van der Waals surface area contributed by atoms with Crippen LogP contribution in [0.25, 0.3) is 11.0 Å². The maximum atomic E-state index is 5.73. The van der Waals surface area contributed by atoms with Crippen LogP contribution in [-0.4, -0.2) is 22.3 Å². The second kappa shape index (κ2) is 5.33. The van der Waals surface area contributed by atoms with Crippen LogP contribution >= 0.6 is 11.8 Å². The van der Waals surface area contributed by atoms with E-state index >= 15 is 0 Å². The second-order valence-corrected chi connectivity index (χ2v) is 6.61. The standard InChI is InChI=1S/C14H21N3S/c1-10-4-5-11-12(8-10)17-13(16-11)18-7-6-14(2,3)9-15/h4-5,8H,6-7,9,15H2,1-3H3,(H,16,17). The van der Waals surface area contributed by atoms with Crippen molar-refractivity contribution in [3.05, 3.63) is 23.8 Å². The maximum Gasteiger partial charge on any atom is 0.166 e. The minimum absolute atomic E-state index is 0.218. The fraction of sp³-hybridized carbons (Fsp3) is 0.500. The number of thioether (sulfide) groups is 1. The number of aromatic amines is 1. The van der Waals surface area contributed by atoms with Crippen molar-refractivity contribution < 1.29 is 0 Å². The molecule has 3 N–H and O–H groups in total. The molecule has 1 aromatic carbocycles. The number of hydrogen-bond acceptors (Lipinski definition) is 3. The average Bonchev–Trinajstić information content (AvgIpc) is 2.70. The van der Waals surface area contributed by atoms with Crippen LogP contribution in [0.5, 0.6) is 0 Å². The summed E-state index contributed by atoms with van der Waals surface area (Å²) in [4.78, 5) is 7.94. The highest BCUT2D eigenvalue weighted by molar-refractivity contribution is 7.99. The van der Waals surface area contributed by atoms with Gasteiger partial charge in [0.15, 0.2) is 5.16 Å². The van der Waals surface area contributed by atoms with E-state index in [1.54, 1.807) is 11.8 Å². The number of nitrogens with two attached hydrogens (primary N) is 1. The largest absolute Gasteiger partial charge is 0.333 e. The predicted octanol–water partition coefficient (Wildman–Crippen LogP) is 3.34. The van der Waals surface area contributed by atoms with Crippen molar-refractivity contribution in [1.29, 1.82) is 0 Å². The molecule has 0 amide bonds. The highest BCUT2D eigenvalue weighted by Gasteiger charge is 2.15. The van der Waals surface area contributed by atoms with E-state index in [9.17, 15) is 0 Å². The summed E-state index contributed by atoms with van der Waals surface area (Å²) in [5, 5.41) is 1.00. The lowest BCUT2D eigenvalue weighted by atomic mass is 9.91. The topological polar surface area (TPSA) is 54.7 Å². The van der Waals surface area contributed by atoms with Gasteiger partial charge in [0.05, 0.1) is 11.0 Å². The third kappa shape index (κ3) is 3.27. The molecule has 1 heterocycles. The molecule has 3 nitrogen and oxygen atoms in total. The minimum Gasteiger partial charge on any atom is -0.333 e. The number of hydrogen-bond donors (Lipinski definition) is 2. The molecule has 0 bridgehead atoms. The molecule has 0 aliphatic carbocycles. The van der Waals surface area contributed by atoms with Crippen molar-refractivity contribution in [1.82, 2.24) is 9.97 Å². The molecular weight excluding hydrogens is 242 g/mol. The highest BCUT2D eigenvalue weighted by atomic mass is 32.2. The van der Waals surface area contributed by atoms with Crippen LogP contribution in [0.15, 0.2) is 23.4 Å². The Balaban J connectivity index is 2.00. The smallest absolute Gasteiger partial charge is 0.166 e. The van der Waals surface area contributed by atoms with Crippen LogP contribution in [-0.2, 0) is 0 Å². The lowest BCUT2D eigenvalue weighted by Gasteiger charge is -2.21. The van der Waals surface area contributed by atoms with Crippen LogP contribution in [0.1, 0.15) is 25.8 Å². The Morgan fingerprint density at radius 2 is 2.17 bits per heavy atom. The Bertz CT molecular complexity index is 531. The van der Waals surface area contributed by atoms with Gasteiger partial charge in [0.1, 0.15) is 0 Å². The third-order valence-electron chi connectivity index (χ3n) is 3.19. The molecule has 0 aliphatic heterocycles. The molecule has 98 valence electrons. The summed E-state index contributed by atoms with van der Waals surface area (Å²) in [5.41, 5.74) is 9.37. The summed E-state index contributed by atoms with van der Waals surface area (Å²) in [6.45, 7) is 7.23. The van der Waals surface area contributed by atoms with Gasteiger partial charge in [0, 0.05) is 5.75 Å². The molecule has 0 radical (unpaired) electrons. The van der Waals surface area contributed by atoms with Gasteiger partial charge >= 0.3 is 0 Å². The SMILES string of the molecule is Cc1ccc2nc(SCCC(C)(C)CN)[nH]c2c1. The third-order valence-corrected chi connectivity index (χ3v) is 4.06. The van der Waals surface area contributed by atoms with E-state index in [0.29, 0.717) is 0 Å². The first-order valence-electron chi connectivity index (χ1n) is 6.29. The van der Waals surface area contributed by atoms with Crippen molar-refractivity contribution in [2.75, 3.05) is 12.3 Å². The van der Waals surface area contributed by atoms with Gasteiger partial charge in [0.25, 0.3) is 0 Å².